The molecule has 0 aliphatic rings. The number of halogens is 1. The van der Waals surface area contributed by atoms with Crippen molar-refractivity contribution in [3.63, 3.8) is 0 Å². The van der Waals surface area contributed by atoms with Crippen LogP contribution in [0.5, 0.6) is 0 Å². The van der Waals surface area contributed by atoms with Crippen LogP contribution in [-0.4, -0.2) is 11.0 Å². The van der Waals surface area contributed by atoms with Crippen molar-refractivity contribution in [3.05, 3.63) is 0 Å². The Bertz CT molecular complexity index is 6.00. The van der Waals surface area contributed by atoms with E-state index in [4.69, 9.17) is 0 Å². The fourth-order valence-corrected chi connectivity index (χ4v) is 0. The van der Waals surface area contributed by atoms with E-state index >= 15 is 0 Å². The average molecular weight is 295 g/mol. The molecule has 4 heteroatoms. The molecule has 0 aromatic carbocycles. The molecule has 28 valence electrons. The van der Waals surface area contributed by atoms with E-state index in [9.17, 15) is 0 Å². The number of rotatable bonds is 0. The Morgan fingerprint density at radius 2 is 0.750 bits per heavy atom. The van der Waals surface area contributed by atoms with Gasteiger partial charge in [0, 0.05) is 25.8 Å². The van der Waals surface area contributed by atoms with Gasteiger partial charge in [0.25, 0.3) is 0 Å². The van der Waals surface area contributed by atoms with Gasteiger partial charge in [0.1, 0.15) is 0 Å². The van der Waals surface area contributed by atoms with E-state index in [1.807, 2.05) is 0 Å². The fourth-order valence-electron chi connectivity index (χ4n) is 0. The molecule has 0 unspecified atom stereocenters. The van der Waals surface area contributed by atoms with E-state index in [1.165, 1.54) is 0 Å². The van der Waals surface area contributed by atoms with Crippen LogP contribution >= 0.6 is 17.0 Å². The summed E-state index contributed by atoms with van der Waals surface area (Å²) in [6.07, 6.45) is 0. The van der Waals surface area contributed by atoms with Crippen LogP contribution < -0.4 is 0 Å². The van der Waals surface area contributed by atoms with E-state index in [1.54, 1.807) is 0 Å². The summed E-state index contributed by atoms with van der Waals surface area (Å²) >= 11 is 0. The average Bonchev–Trinajstić information content (AvgIpc) is 0. The largest absolute Gasteiger partial charge is 0.412 e. The minimum Gasteiger partial charge on any atom is -0.412 e. The van der Waals surface area contributed by atoms with Crippen LogP contribution in [0, 0.1) is 0 Å². The van der Waals surface area contributed by atoms with Crippen LogP contribution in [0.1, 0.15) is 0 Å². The van der Waals surface area contributed by atoms with Crippen LogP contribution in [-0.2, 0) is 25.8 Å². The summed E-state index contributed by atoms with van der Waals surface area (Å²) in [4.78, 5) is 0. The van der Waals surface area contributed by atoms with Crippen LogP contribution in [0.3, 0.4) is 0 Å². The summed E-state index contributed by atoms with van der Waals surface area (Å²) in [6.45, 7) is 0. The summed E-state index contributed by atoms with van der Waals surface area (Å²) in [5.41, 5.74) is 0. The normalized spacial score (nSPS) is 0. The molecular formula is H5BrHfO2. The molecule has 2 nitrogen and oxygen atoms in total. The number of hydrogen-bond donors (Lipinski definition) is 0. The Kier molecular flexibility index (Phi) is 422. The zero-order valence-corrected chi connectivity index (χ0v) is 7.21. The van der Waals surface area contributed by atoms with Crippen molar-refractivity contribution in [2.45, 2.75) is 0 Å². The van der Waals surface area contributed by atoms with Crippen LogP contribution in [0.25, 0.3) is 0 Å². The van der Waals surface area contributed by atoms with Gasteiger partial charge < -0.3 is 11.0 Å². The first-order valence-electron chi connectivity index (χ1n) is 0. The van der Waals surface area contributed by atoms with Crippen LogP contribution in [0.15, 0.2) is 0 Å². The molecule has 0 atom stereocenters. The molecule has 0 aromatic heterocycles. The van der Waals surface area contributed by atoms with Gasteiger partial charge >= 0.3 is 0 Å². The maximum atomic E-state index is 0. The molecule has 4 N–H and O–H groups in total. The monoisotopic (exact) mass is 296 g/mol. The molecule has 0 saturated heterocycles. The molecule has 0 aromatic rings. The summed E-state index contributed by atoms with van der Waals surface area (Å²) in [7, 11) is 0. The summed E-state index contributed by atoms with van der Waals surface area (Å²) in [5.74, 6) is 0. The molecule has 0 aliphatic heterocycles. The molecule has 0 bridgehead atoms. The van der Waals surface area contributed by atoms with Gasteiger partial charge in [0.2, 0.25) is 0 Å². The Balaban J connectivity index is 0. The number of hydrogen-bond acceptors (Lipinski definition) is 0. The predicted molar refractivity (Wildman–Crippen MR) is 17.5 cm³/mol. The maximum Gasteiger partial charge on any atom is 0 e. The first-order valence-corrected chi connectivity index (χ1v) is 0. The molecule has 0 amide bonds. The molecule has 0 aliphatic carbocycles. The second-order valence-corrected chi connectivity index (χ2v) is 0. The van der Waals surface area contributed by atoms with E-state index < -0.39 is 0 Å². The van der Waals surface area contributed by atoms with Crippen molar-refractivity contribution in [1.29, 1.82) is 0 Å². The quantitative estimate of drug-likeness (QED) is 0.511. The van der Waals surface area contributed by atoms with Crippen LogP contribution in [0.2, 0.25) is 0 Å². The SMILES string of the molecule is Br.O.O.[Hf]. The van der Waals surface area contributed by atoms with E-state index in [0.717, 1.165) is 0 Å². The van der Waals surface area contributed by atoms with Crippen molar-refractivity contribution >= 4 is 17.0 Å². The van der Waals surface area contributed by atoms with Gasteiger partial charge in [-0.1, -0.05) is 0 Å². The third kappa shape index (κ3) is 10.4. The van der Waals surface area contributed by atoms with Gasteiger partial charge in [-0.3, -0.25) is 0 Å². The summed E-state index contributed by atoms with van der Waals surface area (Å²) < 4.78 is 0. The van der Waals surface area contributed by atoms with E-state index in [2.05, 4.69) is 0 Å². The van der Waals surface area contributed by atoms with Crippen molar-refractivity contribution in [1.82, 2.24) is 0 Å². The van der Waals surface area contributed by atoms with Gasteiger partial charge in [-0.05, 0) is 0 Å². The third-order valence-corrected chi connectivity index (χ3v) is 0. The smallest absolute Gasteiger partial charge is 0 e. The zero-order chi connectivity index (χ0) is 0. The Morgan fingerprint density at radius 1 is 0.750 bits per heavy atom. The van der Waals surface area contributed by atoms with Gasteiger partial charge in [0.15, 0.2) is 0 Å². The summed E-state index contributed by atoms with van der Waals surface area (Å²) in [6, 6.07) is 0. The molecule has 0 radical (unpaired) electrons. The predicted octanol–water partition coefficient (Wildman–Crippen LogP) is -1.07. The van der Waals surface area contributed by atoms with Gasteiger partial charge in [-0.15, -0.1) is 17.0 Å². The van der Waals surface area contributed by atoms with Crippen LogP contribution in [0.4, 0.5) is 0 Å². The summed E-state index contributed by atoms with van der Waals surface area (Å²) in [5, 5.41) is 0. The topological polar surface area (TPSA) is 63.0 Å². The van der Waals surface area contributed by atoms with Gasteiger partial charge in [-0.2, -0.15) is 0 Å². The minimum absolute atomic E-state index is 0. The van der Waals surface area contributed by atoms with Gasteiger partial charge in [-0.25, -0.2) is 0 Å². The maximum absolute atomic E-state index is 0. The first kappa shape index (κ1) is 59.6. The molecule has 4 heavy (non-hydrogen) atoms. The fraction of sp³-hybridized carbons (Fsp3) is 0. The Morgan fingerprint density at radius 3 is 0.750 bits per heavy atom. The molecule has 0 fully saturated rings. The standard InChI is InChI=1S/BrH.Hf.2H2O/h1H;;2*1H2. The minimum atomic E-state index is 0. The molecular weight excluding hydrogens is 290 g/mol. The van der Waals surface area contributed by atoms with Crippen molar-refractivity contribution in [3.8, 4) is 0 Å². The second-order valence-electron chi connectivity index (χ2n) is 0. The Labute approximate surface area is 53.8 Å². The third-order valence-electron chi connectivity index (χ3n) is 0. The van der Waals surface area contributed by atoms with Crippen molar-refractivity contribution in [2.24, 2.45) is 0 Å². The first-order chi connectivity index (χ1) is 0. The van der Waals surface area contributed by atoms with E-state index in [0.29, 0.717) is 0 Å². The van der Waals surface area contributed by atoms with Gasteiger partial charge in [0.05, 0.1) is 0 Å². The molecule has 0 heterocycles. The van der Waals surface area contributed by atoms with Crippen molar-refractivity contribution in [2.75, 3.05) is 0 Å². The van der Waals surface area contributed by atoms with Crippen molar-refractivity contribution < 1.29 is 36.8 Å². The van der Waals surface area contributed by atoms with E-state index in [-0.39, 0.29) is 53.8 Å². The molecule has 0 rings (SSSR count). The Hall–Kier alpha value is 1.27. The molecule has 0 saturated carbocycles. The molecule has 0 spiro atoms. The second kappa shape index (κ2) is 28.3. The zero-order valence-electron chi connectivity index (χ0n) is 1.91.